The highest BCUT2D eigenvalue weighted by Gasteiger charge is 2.34. The van der Waals surface area contributed by atoms with Crippen molar-refractivity contribution in [2.45, 2.75) is 25.8 Å². The minimum atomic E-state index is -0.340. The maximum atomic E-state index is 12.3. The van der Waals surface area contributed by atoms with Gasteiger partial charge in [-0.2, -0.15) is 5.26 Å². The molecule has 1 heterocycles. The lowest BCUT2D eigenvalue weighted by Crippen LogP contribution is -2.31. The van der Waals surface area contributed by atoms with Crippen LogP contribution in [0.25, 0.3) is 0 Å². The summed E-state index contributed by atoms with van der Waals surface area (Å²) in [6, 6.07) is 15.4. The third-order valence-corrected chi connectivity index (χ3v) is 4.63. The zero-order valence-electron chi connectivity index (χ0n) is 16.2. The van der Waals surface area contributed by atoms with Crippen molar-refractivity contribution in [1.82, 2.24) is 10.2 Å². The number of benzene rings is 2. The first kappa shape index (κ1) is 20.7. The number of rotatable bonds is 8. The number of hydrogen-bond acceptors (Lipinski definition) is 5. The Balaban J connectivity index is 1.43. The van der Waals surface area contributed by atoms with Crippen LogP contribution in [0, 0.1) is 11.3 Å². The molecule has 0 radical (unpaired) electrons. The number of imide groups is 1. The summed E-state index contributed by atoms with van der Waals surface area (Å²) < 4.78 is 0. The summed E-state index contributed by atoms with van der Waals surface area (Å²) in [5.74, 6) is -1.21. The van der Waals surface area contributed by atoms with Crippen molar-refractivity contribution in [3.63, 3.8) is 0 Å². The number of hydrogen-bond donors (Lipinski definition) is 2. The molecule has 0 aromatic heterocycles. The monoisotopic (exact) mass is 404 g/mol. The number of fused-ring (bicyclic) bond motifs is 1. The van der Waals surface area contributed by atoms with E-state index >= 15 is 0 Å². The van der Waals surface area contributed by atoms with Crippen LogP contribution >= 0.6 is 0 Å². The molecule has 30 heavy (non-hydrogen) atoms. The number of carbonyl (C=O) groups excluding carboxylic acids is 4. The summed E-state index contributed by atoms with van der Waals surface area (Å²) in [7, 11) is 0. The fourth-order valence-electron chi connectivity index (χ4n) is 3.10. The topological polar surface area (TPSA) is 119 Å². The lowest BCUT2D eigenvalue weighted by Gasteiger charge is -2.13. The fourth-order valence-corrected chi connectivity index (χ4v) is 3.10. The van der Waals surface area contributed by atoms with Gasteiger partial charge in [-0.3, -0.25) is 24.1 Å². The Labute approximate surface area is 173 Å². The largest absolute Gasteiger partial charge is 0.351 e. The van der Waals surface area contributed by atoms with Gasteiger partial charge in [0.2, 0.25) is 11.8 Å². The summed E-state index contributed by atoms with van der Waals surface area (Å²) in [6.45, 7) is 0.482. The van der Waals surface area contributed by atoms with E-state index in [-0.39, 0.29) is 43.0 Å². The number of anilines is 1. The second kappa shape index (κ2) is 9.47. The molecule has 152 valence electrons. The van der Waals surface area contributed by atoms with Crippen LogP contribution in [0.5, 0.6) is 0 Å². The maximum absolute atomic E-state index is 12.3. The predicted molar refractivity (Wildman–Crippen MR) is 108 cm³/mol. The van der Waals surface area contributed by atoms with E-state index in [4.69, 9.17) is 5.26 Å². The van der Waals surface area contributed by atoms with Gasteiger partial charge in [-0.1, -0.05) is 24.3 Å². The van der Waals surface area contributed by atoms with Gasteiger partial charge >= 0.3 is 0 Å². The fraction of sp³-hybridized carbons (Fsp3) is 0.227. The van der Waals surface area contributed by atoms with Gasteiger partial charge in [0, 0.05) is 25.2 Å². The van der Waals surface area contributed by atoms with E-state index in [9.17, 15) is 19.2 Å². The van der Waals surface area contributed by atoms with Gasteiger partial charge in [-0.05, 0) is 36.2 Å². The smallest absolute Gasteiger partial charge is 0.261 e. The van der Waals surface area contributed by atoms with Gasteiger partial charge in [0.15, 0.2) is 0 Å². The Morgan fingerprint density at radius 3 is 2.17 bits per heavy atom. The van der Waals surface area contributed by atoms with Crippen LogP contribution in [0.2, 0.25) is 0 Å². The van der Waals surface area contributed by atoms with E-state index in [1.54, 1.807) is 54.6 Å². The van der Waals surface area contributed by atoms with Crippen molar-refractivity contribution >= 4 is 29.3 Å². The summed E-state index contributed by atoms with van der Waals surface area (Å²) >= 11 is 0. The third-order valence-electron chi connectivity index (χ3n) is 4.63. The van der Waals surface area contributed by atoms with Crippen LogP contribution in [0.15, 0.2) is 48.5 Å². The van der Waals surface area contributed by atoms with Crippen molar-refractivity contribution in [3.8, 4) is 6.07 Å². The summed E-state index contributed by atoms with van der Waals surface area (Å²) in [4.78, 5) is 49.2. The molecule has 8 nitrogen and oxygen atoms in total. The molecule has 0 aliphatic carbocycles. The Bertz CT molecular complexity index is 989. The molecule has 0 spiro atoms. The number of amides is 4. The number of nitrogens with one attached hydrogen (secondary N) is 2. The van der Waals surface area contributed by atoms with E-state index in [1.807, 2.05) is 0 Å². The van der Waals surface area contributed by atoms with E-state index < -0.39 is 0 Å². The molecule has 4 amide bonds. The first-order valence-corrected chi connectivity index (χ1v) is 9.47. The van der Waals surface area contributed by atoms with Crippen LogP contribution in [0.1, 0.15) is 45.5 Å². The minimum Gasteiger partial charge on any atom is -0.351 e. The van der Waals surface area contributed by atoms with Crippen LogP contribution in [0.4, 0.5) is 5.69 Å². The van der Waals surface area contributed by atoms with E-state index in [2.05, 4.69) is 10.6 Å². The average molecular weight is 404 g/mol. The van der Waals surface area contributed by atoms with E-state index in [0.29, 0.717) is 29.8 Å². The van der Waals surface area contributed by atoms with Gasteiger partial charge < -0.3 is 10.6 Å². The van der Waals surface area contributed by atoms with Crippen molar-refractivity contribution in [1.29, 1.82) is 5.26 Å². The highest BCUT2D eigenvalue weighted by molar-refractivity contribution is 6.21. The van der Waals surface area contributed by atoms with Gasteiger partial charge in [0.25, 0.3) is 11.8 Å². The average Bonchev–Trinajstić information content (AvgIpc) is 2.98. The molecule has 1 aliphatic rings. The van der Waals surface area contributed by atoms with Crippen LogP contribution in [-0.4, -0.2) is 35.1 Å². The zero-order chi connectivity index (χ0) is 21.5. The quantitative estimate of drug-likeness (QED) is 0.654. The molecule has 0 saturated heterocycles. The van der Waals surface area contributed by atoms with Crippen molar-refractivity contribution in [2.24, 2.45) is 0 Å². The number of nitriles is 1. The first-order chi connectivity index (χ1) is 14.5. The lowest BCUT2D eigenvalue weighted by atomic mass is 10.1. The van der Waals surface area contributed by atoms with E-state index in [0.717, 1.165) is 5.56 Å². The highest BCUT2D eigenvalue weighted by atomic mass is 16.2. The molecule has 1 aliphatic heterocycles. The molecule has 8 heteroatoms. The molecular weight excluding hydrogens is 384 g/mol. The molecule has 0 saturated carbocycles. The maximum Gasteiger partial charge on any atom is 0.261 e. The molecular formula is C22H20N4O4. The number of carbonyl (C=O) groups is 4. The van der Waals surface area contributed by atoms with Crippen molar-refractivity contribution in [2.75, 3.05) is 11.9 Å². The predicted octanol–water partition coefficient (Wildman–Crippen LogP) is 2.23. The second-order valence-corrected chi connectivity index (χ2v) is 6.77. The lowest BCUT2D eigenvalue weighted by molar-refractivity contribution is -0.120. The SMILES string of the molecule is N#CCC(=O)NCc1ccc(NC(=O)CCCN2C(=O)c3ccccc3C2=O)cc1. The van der Waals surface area contributed by atoms with E-state index in [1.165, 1.54) is 4.90 Å². The van der Waals surface area contributed by atoms with Gasteiger partial charge in [-0.15, -0.1) is 0 Å². The number of nitrogens with zero attached hydrogens (tertiary/aromatic N) is 2. The Hall–Kier alpha value is -3.99. The molecule has 2 aromatic rings. The Morgan fingerprint density at radius 2 is 1.57 bits per heavy atom. The highest BCUT2D eigenvalue weighted by Crippen LogP contribution is 2.22. The first-order valence-electron chi connectivity index (χ1n) is 9.47. The molecule has 2 aromatic carbocycles. The molecule has 3 rings (SSSR count). The van der Waals surface area contributed by atoms with Crippen molar-refractivity contribution < 1.29 is 19.2 Å². The Morgan fingerprint density at radius 1 is 0.933 bits per heavy atom. The van der Waals surface area contributed by atoms with Crippen LogP contribution in [-0.2, 0) is 16.1 Å². The minimum absolute atomic E-state index is 0.166. The summed E-state index contributed by atoms with van der Waals surface area (Å²) in [6.07, 6.45) is 0.342. The van der Waals surface area contributed by atoms with Gasteiger partial charge in [0.1, 0.15) is 6.42 Å². The molecule has 0 unspecified atom stereocenters. The zero-order valence-corrected chi connectivity index (χ0v) is 16.2. The standard InChI is InChI=1S/C22H20N4O4/c23-12-11-19(27)24-14-15-7-9-16(10-8-15)25-20(28)6-3-13-26-21(29)17-4-1-2-5-18(17)22(26)30/h1-2,4-5,7-10H,3,6,11,13-14H2,(H,24,27)(H,25,28). The van der Waals surface area contributed by atoms with Gasteiger partial charge in [0.05, 0.1) is 17.2 Å². The third kappa shape index (κ3) is 4.89. The molecule has 2 N–H and O–H groups in total. The Kier molecular flexibility index (Phi) is 6.55. The normalized spacial score (nSPS) is 12.3. The molecule has 0 fully saturated rings. The molecule has 0 bridgehead atoms. The van der Waals surface area contributed by atoms with Crippen LogP contribution < -0.4 is 10.6 Å². The molecule has 0 atom stereocenters. The van der Waals surface area contributed by atoms with Crippen molar-refractivity contribution in [3.05, 3.63) is 65.2 Å². The summed E-state index contributed by atoms with van der Waals surface area (Å²) in [5, 5.41) is 13.8. The second-order valence-electron chi connectivity index (χ2n) is 6.77. The van der Waals surface area contributed by atoms with Crippen LogP contribution in [0.3, 0.4) is 0 Å². The summed E-state index contributed by atoms with van der Waals surface area (Å²) in [5.41, 5.74) is 2.24. The van der Waals surface area contributed by atoms with Gasteiger partial charge in [-0.25, -0.2) is 0 Å².